The average Bonchev–Trinajstić information content (AvgIpc) is 2.01. The lowest BCUT2D eigenvalue weighted by Crippen LogP contribution is -2.31. The van der Waals surface area contributed by atoms with Crippen LogP contribution in [0.1, 0.15) is 27.2 Å². The van der Waals surface area contributed by atoms with Crippen molar-refractivity contribution in [3.63, 3.8) is 0 Å². The van der Waals surface area contributed by atoms with Gasteiger partial charge in [-0.2, -0.15) is 0 Å². The van der Waals surface area contributed by atoms with Crippen molar-refractivity contribution in [2.75, 3.05) is 13.1 Å². The van der Waals surface area contributed by atoms with Gasteiger partial charge >= 0.3 is 5.97 Å². The average molecular weight is 236 g/mol. The first-order chi connectivity index (χ1) is 6.40. The summed E-state index contributed by atoms with van der Waals surface area (Å²) in [5.74, 6) is -0.304. The second-order valence-electron chi connectivity index (χ2n) is 4.35. The fraction of sp³-hybridized carbons (Fsp3) is 0.700. The van der Waals surface area contributed by atoms with Gasteiger partial charge in [-0.1, -0.05) is 0 Å². The molecule has 0 aromatic rings. The maximum atomic E-state index is 11.6. The van der Waals surface area contributed by atoms with Gasteiger partial charge in [-0.05, 0) is 33.7 Å². The molecule has 0 amide bonds. The van der Waals surface area contributed by atoms with E-state index in [1.807, 2.05) is 20.8 Å². The smallest absolute Gasteiger partial charge is 0.338 e. The van der Waals surface area contributed by atoms with Crippen molar-refractivity contribution in [1.29, 1.82) is 0 Å². The van der Waals surface area contributed by atoms with Gasteiger partial charge in [-0.15, -0.1) is 12.4 Å². The van der Waals surface area contributed by atoms with E-state index in [0.29, 0.717) is 25.1 Å². The Balaban J connectivity index is 0.00000196. The van der Waals surface area contributed by atoms with E-state index < -0.39 is 11.6 Å². The van der Waals surface area contributed by atoms with E-state index in [9.17, 15) is 9.90 Å². The minimum atomic E-state index is -0.505. The van der Waals surface area contributed by atoms with E-state index in [2.05, 4.69) is 5.32 Å². The Morgan fingerprint density at radius 1 is 1.47 bits per heavy atom. The highest BCUT2D eigenvalue weighted by molar-refractivity contribution is 5.89. The molecule has 4 nitrogen and oxygen atoms in total. The summed E-state index contributed by atoms with van der Waals surface area (Å²) < 4.78 is 5.16. The molecule has 0 aromatic heterocycles. The third kappa shape index (κ3) is 4.53. The van der Waals surface area contributed by atoms with Gasteiger partial charge in [0.05, 0.1) is 12.1 Å². The van der Waals surface area contributed by atoms with E-state index in [1.165, 1.54) is 0 Å². The monoisotopic (exact) mass is 235 g/mol. The fourth-order valence-corrected chi connectivity index (χ4v) is 1.23. The summed E-state index contributed by atoms with van der Waals surface area (Å²) in [6, 6.07) is 0. The predicted octanol–water partition coefficient (Wildman–Crippen LogP) is 1.56. The van der Waals surface area contributed by atoms with Gasteiger partial charge in [0, 0.05) is 0 Å². The Labute approximate surface area is 96.1 Å². The van der Waals surface area contributed by atoms with Crippen LogP contribution in [0.25, 0.3) is 0 Å². The molecule has 0 saturated carbocycles. The molecule has 0 unspecified atom stereocenters. The summed E-state index contributed by atoms with van der Waals surface area (Å²) >= 11 is 0. The quantitative estimate of drug-likeness (QED) is 0.678. The zero-order chi connectivity index (χ0) is 10.8. The van der Waals surface area contributed by atoms with Gasteiger partial charge in [0.15, 0.2) is 0 Å². The van der Waals surface area contributed by atoms with Crippen molar-refractivity contribution >= 4 is 18.4 Å². The Morgan fingerprint density at radius 3 is 2.53 bits per heavy atom. The highest BCUT2D eigenvalue weighted by atomic mass is 35.5. The third-order valence-electron chi connectivity index (χ3n) is 1.84. The Hall–Kier alpha value is -0.740. The summed E-state index contributed by atoms with van der Waals surface area (Å²) in [4.78, 5) is 11.6. The Kier molecular flexibility index (Phi) is 5.11. The summed E-state index contributed by atoms with van der Waals surface area (Å²) in [5.41, 5.74) is -0.103. The third-order valence-corrected chi connectivity index (χ3v) is 1.84. The predicted molar refractivity (Wildman–Crippen MR) is 60.2 cm³/mol. The van der Waals surface area contributed by atoms with Crippen molar-refractivity contribution in [2.24, 2.45) is 0 Å². The number of carbonyl (C=O) groups excluding carboxylic acids is 1. The summed E-state index contributed by atoms with van der Waals surface area (Å²) in [5, 5.41) is 12.4. The van der Waals surface area contributed by atoms with Crippen LogP contribution < -0.4 is 5.32 Å². The second kappa shape index (κ2) is 5.37. The van der Waals surface area contributed by atoms with Crippen molar-refractivity contribution in [3.8, 4) is 0 Å². The standard InChI is InChI=1S/C10H17NO3.ClH/c1-10(2,3)14-9(13)7-4-5-11-6-8(7)12;/h11-12H,4-6H2,1-3H3;1H. The zero-order valence-corrected chi connectivity index (χ0v) is 10.1. The number of hydrogen-bond donors (Lipinski definition) is 2. The first-order valence-corrected chi connectivity index (χ1v) is 4.75. The van der Waals surface area contributed by atoms with E-state index in [4.69, 9.17) is 4.74 Å². The number of nitrogens with one attached hydrogen (secondary N) is 1. The molecule has 2 N–H and O–H groups in total. The van der Waals surface area contributed by atoms with Crippen LogP contribution in [0.3, 0.4) is 0 Å². The van der Waals surface area contributed by atoms with Gasteiger partial charge in [-0.3, -0.25) is 0 Å². The second-order valence-corrected chi connectivity index (χ2v) is 4.35. The minimum Gasteiger partial charge on any atom is -0.510 e. The number of ether oxygens (including phenoxy) is 1. The maximum absolute atomic E-state index is 11.6. The molecule has 0 aliphatic carbocycles. The van der Waals surface area contributed by atoms with Gasteiger partial charge in [-0.25, -0.2) is 4.79 Å². The molecule has 1 aliphatic heterocycles. The number of rotatable bonds is 1. The van der Waals surface area contributed by atoms with Crippen LogP contribution in [-0.2, 0) is 9.53 Å². The molecule has 0 spiro atoms. The van der Waals surface area contributed by atoms with E-state index >= 15 is 0 Å². The van der Waals surface area contributed by atoms with Gasteiger partial charge in [0.1, 0.15) is 11.4 Å². The molecule has 1 aliphatic rings. The lowest BCUT2D eigenvalue weighted by Gasteiger charge is -2.22. The highest BCUT2D eigenvalue weighted by Crippen LogP contribution is 2.16. The lowest BCUT2D eigenvalue weighted by atomic mass is 10.1. The first-order valence-electron chi connectivity index (χ1n) is 4.75. The van der Waals surface area contributed by atoms with Crippen molar-refractivity contribution in [1.82, 2.24) is 5.32 Å². The van der Waals surface area contributed by atoms with Crippen LogP contribution in [0, 0.1) is 0 Å². The normalized spacial score (nSPS) is 17.0. The molecule has 0 fully saturated rings. The lowest BCUT2D eigenvalue weighted by molar-refractivity contribution is -0.150. The maximum Gasteiger partial charge on any atom is 0.338 e. The molecular formula is C10H18ClNO3. The molecule has 1 heterocycles. The van der Waals surface area contributed by atoms with Crippen molar-refractivity contribution < 1.29 is 14.6 Å². The summed E-state index contributed by atoms with van der Waals surface area (Å²) in [6.07, 6.45) is 0.529. The molecule has 0 saturated heterocycles. The Bertz CT molecular complexity index is 268. The van der Waals surface area contributed by atoms with Crippen LogP contribution in [0.4, 0.5) is 0 Å². The van der Waals surface area contributed by atoms with Crippen LogP contribution in [0.5, 0.6) is 0 Å². The van der Waals surface area contributed by atoms with E-state index in [-0.39, 0.29) is 18.2 Å². The van der Waals surface area contributed by atoms with Crippen LogP contribution >= 0.6 is 12.4 Å². The molecule has 0 atom stereocenters. The molecule has 15 heavy (non-hydrogen) atoms. The highest BCUT2D eigenvalue weighted by Gasteiger charge is 2.24. The topological polar surface area (TPSA) is 58.6 Å². The van der Waals surface area contributed by atoms with E-state index in [0.717, 1.165) is 0 Å². The SMILES string of the molecule is CC(C)(C)OC(=O)C1=C(O)CNCC1.Cl. The molecule has 0 radical (unpaired) electrons. The van der Waals surface area contributed by atoms with Crippen LogP contribution in [0.2, 0.25) is 0 Å². The number of aliphatic hydroxyl groups excluding tert-OH is 1. The fourth-order valence-electron chi connectivity index (χ4n) is 1.23. The number of aliphatic hydroxyl groups is 1. The zero-order valence-electron chi connectivity index (χ0n) is 9.29. The molecular weight excluding hydrogens is 218 g/mol. The minimum absolute atomic E-state index is 0. The van der Waals surface area contributed by atoms with Crippen LogP contribution in [0.15, 0.2) is 11.3 Å². The molecule has 5 heteroatoms. The molecule has 0 aromatic carbocycles. The number of carbonyl (C=O) groups is 1. The summed E-state index contributed by atoms with van der Waals surface area (Å²) in [6.45, 7) is 6.49. The summed E-state index contributed by atoms with van der Waals surface area (Å²) in [7, 11) is 0. The van der Waals surface area contributed by atoms with Crippen molar-refractivity contribution in [3.05, 3.63) is 11.3 Å². The molecule has 1 rings (SSSR count). The van der Waals surface area contributed by atoms with E-state index in [1.54, 1.807) is 0 Å². The Morgan fingerprint density at radius 2 is 2.07 bits per heavy atom. The largest absolute Gasteiger partial charge is 0.510 e. The van der Waals surface area contributed by atoms with Gasteiger partial charge < -0.3 is 15.2 Å². The molecule has 88 valence electrons. The number of esters is 1. The first kappa shape index (κ1) is 14.3. The van der Waals surface area contributed by atoms with Gasteiger partial charge in [0.25, 0.3) is 0 Å². The van der Waals surface area contributed by atoms with Crippen LogP contribution in [-0.4, -0.2) is 29.8 Å². The number of hydrogen-bond acceptors (Lipinski definition) is 4. The number of halogens is 1. The molecule has 0 bridgehead atoms. The van der Waals surface area contributed by atoms with Crippen molar-refractivity contribution in [2.45, 2.75) is 32.8 Å². The van der Waals surface area contributed by atoms with Gasteiger partial charge in [0.2, 0.25) is 0 Å².